The summed E-state index contributed by atoms with van der Waals surface area (Å²) in [6.07, 6.45) is 3.64. The predicted octanol–water partition coefficient (Wildman–Crippen LogP) is 4.11. The van der Waals surface area contributed by atoms with E-state index in [1.54, 1.807) is 18.2 Å². The van der Waals surface area contributed by atoms with Crippen LogP contribution in [0.3, 0.4) is 0 Å². The fourth-order valence-electron chi connectivity index (χ4n) is 3.42. The molecular formula is C20H22ClN3O3. The first kappa shape index (κ1) is 17.8. The lowest BCUT2D eigenvalue weighted by molar-refractivity contribution is -0.114. The fourth-order valence-corrected chi connectivity index (χ4v) is 3.59. The molecule has 2 aromatic carbocycles. The van der Waals surface area contributed by atoms with E-state index in [0.717, 1.165) is 24.5 Å². The van der Waals surface area contributed by atoms with Crippen LogP contribution in [0.1, 0.15) is 19.3 Å². The van der Waals surface area contributed by atoms with Crippen LogP contribution in [0.25, 0.3) is 0 Å². The Morgan fingerprint density at radius 2 is 1.85 bits per heavy atom. The summed E-state index contributed by atoms with van der Waals surface area (Å²) in [6, 6.07) is 11.1. The zero-order valence-electron chi connectivity index (χ0n) is 15.0. The normalized spacial score (nSPS) is 15.5. The van der Waals surface area contributed by atoms with Gasteiger partial charge in [0.1, 0.15) is 0 Å². The molecule has 7 heteroatoms. The Labute approximate surface area is 163 Å². The number of piperidine rings is 1. The van der Waals surface area contributed by atoms with Gasteiger partial charge in [-0.15, -0.1) is 0 Å². The Bertz CT molecular complexity index is 837. The van der Waals surface area contributed by atoms with E-state index >= 15 is 0 Å². The number of nitrogens with one attached hydrogen (secondary N) is 2. The summed E-state index contributed by atoms with van der Waals surface area (Å²) in [4.78, 5) is 14.7. The van der Waals surface area contributed by atoms with Gasteiger partial charge in [-0.05, 0) is 49.6 Å². The number of fused-ring (bicyclic) bond motifs is 1. The molecule has 2 aromatic rings. The van der Waals surface area contributed by atoms with Crippen molar-refractivity contribution >= 4 is 34.6 Å². The smallest absolute Gasteiger partial charge is 0.243 e. The van der Waals surface area contributed by atoms with Crippen molar-refractivity contribution in [3.8, 4) is 11.5 Å². The standard InChI is InChI=1S/C20H22ClN3O3/c21-14-4-6-17(24-8-2-1-3-9-24)16(10-14)22-12-20(25)23-15-5-7-18-19(11-15)27-13-26-18/h4-7,10-11,22H,1-3,8-9,12-13H2,(H,23,25). The van der Waals surface area contributed by atoms with Crippen LogP contribution in [-0.2, 0) is 4.79 Å². The van der Waals surface area contributed by atoms with Gasteiger partial charge in [-0.1, -0.05) is 11.6 Å². The molecule has 1 amide bonds. The minimum atomic E-state index is -0.140. The molecule has 0 unspecified atom stereocenters. The maximum Gasteiger partial charge on any atom is 0.243 e. The Hall–Kier alpha value is -2.60. The third-order valence-corrected chi connectivity index (χ3v) is 4.99. The van der Waals surface area contributed by atoms with Gasteiger partial charge < -0.3 is 25.0 Å². The second-order valence-corrected chi connectivity index (χ2v) is 7.12. The van der Waals surface area contributed by atoms with E-state index in [1.807, 2.05) is 18.2 Å². The number of carbonyl (C=O) groups excluding carboxylic acids is 1. The van der Waals surface area contributed by atoms with Crippen LogP contribution in [0, 0.1) is 0 Å². The molecule has 0 bridgehead atoms. The molecule has 27 heavy (non-hydrogen) atoms. The minimum Gasteiger partial charge on any atom is -0.454 e. The van der Waals surface area contributed by atoms with Crippen LogP contribution in [0.15, 0.2) is 36.4 Å². The molecule has 0 spiro atoms. The summed E-state index contributed by atoms with van der Waals surface area (Å²) in [6.45, 7) is 2.41. The van der Waals surface area contributed by atoms with Crippen LogP contribution in [0.2, 0.25) is 5.02 Å². The van der Waals surface area contributed by atoms with Gasteiger partial charge in [-0.2, -0.15) is 0 Å². The molecule has 1 saturated heterocycles. The molecular weight excluding hydrogens is 366 g/mol. The summed E-state index contributed by atoms with van der Waals surface area (Å²) >= 11 is 6.17. The molecule has 142 valence electrons. The number of nitrogens with zero attached hydrogens (tertiary/aromatic N) is 1. The summed E-state index contributed by atoms with van der Waals surface area (Å²) in [7, 11) is 0. The van der Waals surface area contributed by atoms with Crippen LogP contribution >= 0.6 is 11.6 Å². The summed E-state index contributed by atoms with van der Waals surface area (Å²) in [5, 5.41) is 6.75. The van der Waals surface area contributed by atoms with Crippen molar-refractivity contribution in [2.45, 2.75) is 19.3 Å². The van der Waals surface area contributed by atoms with E-state index in [0.29, 0.717) is 22.2 Å². The van der Waals surface area contributed by atoms with E-state index in [-0.39, 0.29) is 19.2 Å². The van der Waals surface area contributed by atoms with Crippen molar-refractivity contribution in [1.82, 2.24) is 0 Å². The molecule has 0 aromatic heterocycles. The average Bonchev–Trinajstić information content (AvgIpc) is 3.15. The topological polar surface area (TPSA) is 62.8 Å². The van der Waals surface area contributed by atoms with E-state index in [4.69, 9.17) is 21.1 Å². The summed E-state index contributed by atoms with van der Waals surface area (Å²) < 4.78 is 10.6. The van der Waals surface area contributed by atoms with Crippen molar-refractivity contribution in [2.24, 2.45) is 0 Å². The lowest BCUT2D eigenvalue weighted by Gasteiger charge is -2.30. The van der Waals surface area contributed by atoms with Gasteiger partial charge in [0, 0.05) is 29.9 Å². The number of anilines is 3. The van der Waals surface area contributed by atoms with Gasteiger partial charge in [-0.3, -0.25) is 4.79 Å². The average molecular weight is 388 g/mol. The van der Waals surface area contributed by atoms with E-state index in [2.05, 4.69) is 15.5 Å². The maximum absolute atomic E-state index is 12.4. The third kappa shape index (κ3) is 4.22. The predicted molar refractivity (Wildman–Crippen MR) is 107 cm³/mol. The molecule has 0 radical (unpaired) electrons. The third-order valence-electron chi connectivity index (χ3n) is 4.75. The first-order valence-electron chi connectivity index (χ1n) is 9.17. The van der Waals surface area contributed by atoms with E-state index < -0.39 is 0 Å². The number of hydrogen-bond acceptors (Lipinski definition) is 5. The van der Waals surface area contributed by atoms with Gasteiger partial charge in [-0.25, -0.2) is 0 Å². The lowest BCUT2D eigenvalue weighted by atomic mass is 10.1. The van der Waals surface area contributed by atoms with Gasteiger partial charge in [0.2, 0.25) is 12.7 Å². The minimum absolute atomic E-state index is 0.140. The van der Waals surface area contributed by atoms with Gasteiger partial charge >= 0.3 is 0 Å². The molecule has 2 aliphatic rings. The van der Waals surface area contributed by atoms with E-state index in [1.165, 1.54) is 19.3 Å². The van der Waals surface area contributed by atoms with Crippen molar-refractivity contribution < 1.29 is 14.3 Å². The number of benzene rings is 2. The highest BCUT2D eigenvalue weighted by Gasteiger charge is 2.16. The number of ether oxygens (including phenoxy) is 2. The second-order valence-electron chi connectivity index (χ2n) is 6.68. The number of amides is 1. The number of rotatable bonds is 5. The lowest BCUT2D eigenvalue weighted by Crippen LogP contribution is -2.30. The van der Waals surface area contributed by atoms with Gasteiger partial charge in [0.05, 0.1) is 17.9 Å². The SMILES string of the molecule is O=C(CNc1cc(Cl)ccc1N1CCCCC1)Nc1ccc2c(c1)OCO2. The molecule has 4 rings (SSSR count). The van der Waals surface area contributed by atoms with Crippen LogP contribution in [0.5, 0.6) is 11.5 Å². The van der Waals surface area contributed by atoms with E-state index in [9.17, 15) is 4.79 Å². The molecule has 0 saturated carbocycles. The second kappa shape index (κ2) is 7.96. The van der Waals surface area contributed by atoms with Crippen LogP contribution < -0.4 is 25.0 Å². The highest BCUT2D eigenvalue weighted by atomic mass is 35.5. The summed E-state index contributed by atoms with van der Waals surface area (Å²) in [5.41, 5.74) is 2.65. The molecule has 2 N–H and O–H groups in total. The van der Waals surface area contributed by atoms with Crippen LogP contribution in [0.4, 0.5) is 17.1 Å². The Morgan fingerprint density at radius 3 is 2.70 bits per heavy atom. The monoisotopic (exact) mass is 387 g/mol. The Balaban J connectivity index is 1.40. The molecule has 1 fully saturated rings. The quantitative estimate of drug-likeness (QED) is 0.808. The van der Waals surface area contributed by atoms with Gasteiger partial charge in [0.15, 0.2) is 11.5 Å². The molecule has 0 atom stereocenters. The summed E-state index contributed by atoms with van der Waals surface area (Å²) in [5.74, 6) is 1.19. The van der Waals surface area contributed by atoms with Crippen LogP contribution in [-0.4, -0.2) is 32.3 Å². The molecule has 6 nitrogen and oxygen atoms in total. The highest BCUT2D eigenvalue weighted by molar-refractivity contribution is 6.31. The van der Waals surface area contributed by atoms with Gasteiger partial charge in [0.25, 0.3) is 0 Å². The largest absolute Gasteiger partial charge is 0.454 e. The highest BCUT2D eigenvalue weighted by Crippen LogP contribution is 2.34. The van der Waals surface area contributed by atoms with Crippen molar-refractivity contribution in [2.75, 3.05) is 42.0 Å². The molecule has 2 heterocycles. The molecule has 2 aliphatic heterocycles. The first-order chi connectivity index (χ1) is 13.2. The molecule has 0 aliphatic carbocycles. The first-order valence-corrected chi connectivity index (χ1v) is 9.55. The number of carbonyl (C=O) groups is 1. The Kier molecular flexibility index (Phi) is 5.25. The fraction of sp³-hybridized carbons (Fsp3) is 0.350. The maximum atomic E-state index is 12.4. The zero-order chi connectivity index (χ0) is 18.6. The van der Waals surface area contributed by atoms with Crippen molar-refractivity contribution in [3.63, 3.8) is 0 Å². The zero-order valence-corrected chi connectivity index (χ0v) is 15.7. The number of halogens is 1. The Morgan fingerprint density at radius 1 is 1.04 bits per heavy atom. The number of hydrogen-bond donors (Lipinski definition) is 2. The van der Waals surface area contributed by atoms with Crippen molar-refractivity contribution in [1.29, 1.82) is 0 Å². The van der Waals surface area contributed by atoms with Crippen molar-refractivity contribution in [3.05, 3.63) is 41.4 Å².